The molecule has 0 aliphatic rings. The maximum absolute atomic E-state index is 13.1. The lowest BCUT2D eigenvalue weighted by Gasteiger charge is -2.14. The van der Waals surface area contributed by atoms with Crippen molar-refractivity contribution in [1.82, 2.24) is 29.9 Å². The van der Waals surface area contributed by atoms with Crippen LogP contribution in [-0.4, -0.2) is 76.0 Å². The number of benzene rings is 4. The lowest BCUT2D eigenvalue weighted by atomic mass is 9.98. The number of rotatable bonds is 15. The molecule has 4 aromatic carbocycles. The first-order valence-electron chi connectivity index (χ1n) is 23.1. The van der Waals surface area contributed by atoms with Crippen molar-refractivity contribution in [3.8, 4) is 50.4 Å². The number of aromatic amines is 1. The quantitative estimate of drug-likeness (QED) is 0.0512. The molecule has 10 aromatic rings. The standard InChI is InChI=1S/C28H23N5O5S.C27H21N5O5S/c1-38-27-26(33-39(36,37)22-4-2-3-19(10-22)28(34)35)12-20(16-32-27)18-5-6-25-24(11-18)23(7-8-31-25)21-9-17(13-29)14-30-15-21;28-12-16-8-20(14-29-13-16)22-6-7-30-24-5-4-17(10-23(22)24)19-11-25(26(33)31-15-19)32-38(36,37)21-3-1-2-18(9-21)27(34)35/h2-12,14-16,33H,13,29H2,1H3,(H,34,35);1-11,13-15,32H,12,28H2,(H,31,33)(H,34,35). The molecule has 20 nitrogen and oxygen atoms in total. The minimum absolute atomic E-state index is 0.0598. The molecule has 0 atom stereocenters. The first kappa shape index (κ1) is 52.1. The van der Waals surface area contributed by atoms with E-state index in [1.54, 1.807) is 49.4 Å². The largest absolute Gasteiger partial charge is 0.480 e. The molecule has 386 valence electrons. The van der Waals surface area contributed by atoms with E-state index in [2.05, 4.69) is 39.3 Å². The van der Waals surface area contributed by atoms with Crippen molar-refractivity contribution in [2.75, 3.05) is 16.6 Å². The zero-order valence-electron chi connectivity index (χ0n) is 40.4. The molecule has 0 aliphatic heterocycles. The van der Waals surface area contributed by atoms with E-state index in [1.807, 2.05) is 60.7 Å². The Morgan fingerprint density at radius 1 is 0.558 bits per heavy atom. The number of sulfonamides is 2. The van der Waals surface area contributed by atoms with E-state index in [9.17, 15) is 41.4 Å². The number of fused-ring (bicyclic) bond motifs is 2. The van der Waals surface area contributed by atoms with Crippen LogP contribution >= 0.6 is 0 Å². The molecule has 0 bridgehead atoms. The second kappa shape index (κ2) is 22.0. The van der Waals surface area contributed by atoms with Gasteiger partial charge in [0.25, 0.3) is 25.6 Å². The van der Waals surface area contributed by atoms with E-state index in [0.717, 1.165) is 72.9 Å². The molecule has 0 saturated carbocycles. The van der Waals surface area contributed by atoms with Gasteiger partial charge in [-0.15, -0.1) is 0 Å². The van der Waals surface area contributed by atoms with Gasteiger partial charge >= 0.3 is 11.9 Å². The number of hydrogen-bond donors (Lipinski definition) is 7. The predicted octanol–water partition coefficient (Wildman–Crippen LogP) is 7.93. The van der Waals surface area contributed by atoms with Crippen molar-refractivity contribution in [1.29, 1.82) is 0 Å². The molecule has 77 heavy (non-hydrogen) atoms. The van der Waals surface area contributed by atoms with E-state index in [1.165, 1.54) is 55.8 Å². The SMILES string of the molecule is COc1ncc(-c2ccc3nccc(-c4cncc(CN)c4)c3c2)cc1NS(=O)(=O)c1cccc(C(=O)O)c1.NCc1cncc(-c2ccnc3ccc(-c4c[nH]c(=O)c(NS(=O)(=O)c5cccc(C(=O)O)c5)c4)cc23)c1. The van der Waals surface area contributed by atoms with Crippen LogP contribution in [-0.2, 0) is 33.1 Å². The average molecular weight is 1070 g/mol. The number of nitrogens with one attached hydrogen (secondary N) is 3. The molecule has 6 heterocycles. The fourth-order valence-electron chi connectivity index (χ4n) is 8.22. The molecule has 0 amide bonds. The number of aromatic nitrogens is 6. The van der Waals surface area contributed by atoms with E-state index < -0.39 is 37.5 Å². The Bertz CT molecular complexity index is 4230. The lowest BCUT2D eigenvalue weighted by molar-refractivity contribution is 0.0685. The van der Waals surface area contributed by atoms with Gasteiger partial charge in [-0.2, -0.15) is 0 Å². The summed E-state index contributed by atoms with van der Waals surface area (Å²) < 4.78 is 62.1. The van der Waals surface area contributed by atoms with Gasteiger partial charge in [0.05, 0.1) is 39.1 Å². The first-order valence-corrected chi connectivity index (χ1v) is 26.1. The number of methoxy groups -OCH3 is 1. The number of ether oxygens (including phenoxy) is 1. The van der Waals surface area contributed by atoms with Gasteiger partial charge in [0.2, 0.25) is 5.88 Å². The highest BCUT2D eigenvalue weighted by atomic mass is 32.2. The Kier molecular flexibility index (Phi) is 14.9. The Morgan fingerprint density at radius 3 is 1.55 bits per heavy atom. The van der Waals surface area contributed by atoms with Gasteiger partial charge in [-0.25, -0.2) is 31.4 Å². The number of H-pyrrole nitrogens is 1. The molecule has 0 fully saturated rings. The molecule has 0 aliphatic carbocycles. The van der Waals surface area contributed by atoms with Crippen LogP contribution in [0.1, 0.15) is 31.8 Å². The summed E-state index contributed by atoms with van der Waals surface area (Å²) in [5.41, 5.74) is 20.0. The third-order valence-electron chi connectivity index (χ3n) is 12.1. The smallest absolute Gasteiger partial charge is 0.335 e. The Hall–Kier alpha value is -9.74. The summed E-state index contributed by atoms with van der Waals surface area (Å²) in [6, 6.07) is 31.9. The topological polar surface area (TPSA) is 326 Å². The van der Waals surface area contributed by atoms with E-state index >= 15 is 0 Å². The molecule has 0 radical (unpaired) electrons. The minimum atomic E-state index is -4.24. The highest BCUT2D eigenvalue weighted by Crippen LogP contribution is 2.35. The molecular weight excluding hydrogens is 1020 g/mol. The first-order chi connectivity index (χ1) is 37.0. The summed E-state index contributed by atoms with van der Waals surface area (Å²) in [5.74, 6) is -2.44. The van der Waals surface area contributed by atoms with Gasteiger partial charge < -0.3 is 31.4 Å². The number of nitrogens with zero attached hydrogens (tertiary/aromatic N) is 5. The number of carboxylic acid groups (broad SMARTS) is 2. The second-order valence-electron chi connectivity index (χ2n) is 17.0. The van der Waals surface area contributed by atoms with Crippen molar-refractivity contribution in [3.63, 3.8) is 0 Å². The lowest BCUT2D eigenvalue weighted by Crippen LogP contribution is -2.20. The minimum Gasteiger partial charge on any atom is -0.480 e. The van der Waals surface area contributed by atoms with Gasteiger partial charge in [-0.05, 0) is 130 Å². The van der Waals surface area contributed by atoms with Crippen LogP contribution in [0.25, 0.3) is 66.3 Å². The monoisotopic (exact) mass is 1070 g/mol. The molecule has 9 N–H and O–H groups in total. The average Bonchev–Trinajstić information content (AvgIpc) is 3.45. The molecule has 0 unspecified atom stereocenters. The predicted molar refractivity (Wildman–Crippen MR) is 290 cm³/mol. The second-order valence-corrected chi connectivity index (χ2v) is 20.4. The van der Waals surface area contributed by atoms with E-state index in [4.69, 9.17) is 16.2 Å². The van der Waals surface area contributed by atoms with Gasteiger partial charge in [-0.3, -0.25) is 34.2 Å². The number of carboxylic acids is 2. The fraction of sp³-hybridized carbons (Fsp3) is 0.0545. The van der Waals surface area contributed by atoms with Gasteiger partial charge in [0.1, 0.15) is 11.4 Å². The molecule has 0 spiro atoms. The molecule has 0 saturated heterocycles. The number of aromatic carboxylic acids is 2. The number of anilines is 2. The van der Waals surface area contributed by atoms with E-state index in [-0.39, 0.29) is 38.2 Å². The van der Waals surface area contributed by atoms with Crippen molar-refractivity contribution in [2.24, 2.45) is 11.5 Å². The summed E-state index contributed by atoms with van der Waals surface area (Å²) >= 11 is 0. The number of hydrogen-bond acceptors (Lipinski definition) is 15. The Balaban J connectivity index is 0.000000188. The van der Waals surface area contributed by atoms with Gasteiger partial charge in [0.15, 0.2) is 0 Å². The van der Waals surface area contributed by atoms with Crippen LogP contribution < -0.4 is 31.2 Å². The normalized spacial score (nSPS) is 11.4. The third-order valence-corrected chi connectivity index (χ3v) is 14.8. The van der Waals surface area contributed by atoms with Crippen LogP contribution in [0.15, 0.2) is 185 Å². The summed E-state index contributed by atoms with van der Waals surface area (Å²) in [4.78, 5) is 58.9. The maximum Gasteiger partial charge on any atom is 0.335 e. The third kappa shape index (κ3) is 11.5. The Morgan fingerprint density at radius 2 is 1.05 bits per heavy atom. The summed E-state index contributed by atoms with van der Waals surface area (Å²) in [5, 5.41) is 20.1. The van der Waals surface area contributed by atoms with Gasteiger partial charge in [-0.1, -0.05) is 24.3 Å². The summed E-state index contributed by atoms with van der Waals surface area (Å²) in [6.07, 6.45) is 13.4. The summed E-state index contributed by atoms with van der Waals surface area (Å²) in [7, 11) is -7.00. The van der Waals surface area contributed by atoms with Gasteiger partial charge in [0, 0.05) is 95.7 Å². The fourth-order valence-corrected chi connectivity index (χ4v) is 10.4. The van der Waals surface area contributed by atoms with Crippen molar-refractivity contribution < 1.29 is 41.4 Å². The molecule has 6 aromatic heterocycles. The number of carbonyl (C=O) groups is 2. The molecule has 22 heteroatoms. The van der Waals surface area contributed by atoms with Crippen molar-refractivity contribution in [3.05, 3.63) is 204 Å². The van der Waals surface area contributed by atoms with Crippen molar-refractivity contribution in [2.45, 2.75) is 22.9 Å². The van der Waals surface area contributed by atoms with Crippen LogP contribution in [0.2, 0.25) is 0 Å². The maximum atomic E-state index is 13.1. The number of nitrogens with two attached hydrogens (primary N) is 2. The zero-order chi connectivity index (χ0) is 54.4. The zero-order valence-corrected chi connectivity index (χ0v) is 42.1. The highest BCUT2D eigenvalue weighted by Gasteiger charge is 2.22. The van der Waals surface area contributed by atoms with Crippen LogP contribution in [0.5, 0.6) is 5.88 Å². The highest BCUT2D eigenvalue weighted by molar-refractivity contribution is 7.93. The van der Waals surface area contributed by atoms with Crippen molar-refractivity contribution >= 4 is 65.2 Å². The number of pyridine rings is 6. The van der Waals surface area contributed by atoms with Crippen LogP contribution in [0, 0.1) is 0 Å². The summed E-state index contributed by atoms with van der Waals surface area (Å²) in [6.45, 7) is 0.720. The molecular formula is C55H44N10O10S2. The van der Waals surface area contributed by atoms with Crippen LogP contribution in [0.3, 0.4) is 0 Å². The molecule has 10 rings (SSSR count). The van der Waals surface area contributed by atoms with Crippen LogP contribution in [0.4, 0.5) is 11.4 Å². The van der Waals surface area contributed by atoms with E-state index in [0.29, 0.717) is 29.8 Å². The Labute approximate surface area is 439 Å².